The van der Waals surface area contributed by atoms with Gasteiger partial charge in [0.25, 0.3) is 5.56 Å². The minimum Gasteiger partial charge on any atom is -0.338 e. The first-order valence-electron chi connectivity index (χ1n) is 10.3. The third kappa shape index (κ3) is 3.58. The maximum absolute atomic E-state index is 13.6. The normalized spacial score (nSPS) is 13.6. The molecule has 3 heterocycles. The molecule has 0 fully saturated rings. The minimum absolute atomic E-state index is 0.0188. The van der Waals surface area contributed by atoms with Crippen molar-refractivity contribution in [1.29, 1.82) is 0 Å². The minimum atomic E-state index is 0.0188. The van der Waals surface area contributed by atoms with Crippen molar-refractivity contribution in [2.45, 2.75) is 56.4 Å². The van der Waals surface area contributed by atoms with Gasteiger partial charge in [0.1, 0.15) is 4.83 Å². The Morgan fingerprint density at radius 1 is 1.17 bits per heavy atom. The van der Waals surface area contributed by atoms with Gasteiger partial charge in [0.2, 0.25) is 5.89 Å². The van der Waals surface area contributed by atoms with E-state index in [0.717, 1.165) is 53.8 Å². The van der Waals surface area contributed by atoms with E-state index in [1.807, 2.05) is 30.3 Å². The second-order valence-electron chi connectivity index (χ2n) is 7.40. The van der Waals surface area contributed by atoms with Gasteiger partial charge >= 0.3 is 0 Å². The summed E-state index contributed by atoms with van der Waals surface area (Å²) >= 11 is 3.14. The summed E-state index contributed by atoms with van der Waals surface area (Å²) < 4.78 is 7.11. The quantitative estimate of drug-likeness (QED) is 0.313. The molecule has 8 heteroatoms. The molecule has 1 aliphatic rings. The van der Waals surface area contributed by atoms with Gasteiger partial charge in [-0.25, -0.2) is 4.98 Å². The lowest BCUT2D eigenvalue weighted by Gasteiger charge is -2.13. The zero-order chi connectivity index (χ0) is 20.5. The first-order chi connectivity index (χ1) is 14.7. The number of rotatable bonds is 6. The highest BCUT2D eigenvalue weighted by Gasteiger charge is 2.23. The van der Waals surface area contributed by atoms with E-state index in [1.165, 1.54) is 28.6 Å². The summed E-state index contributed by atoms with van der Waals surface area (Å²) in [6.45, 7) is 2.09. The Hall–Kier alpha value is -2.45. The Labute approximate surface area is 182 Å². The van der Waals surface area contributed by atoms with Crippen molar-refractivity contribution < 1.29 is 4.52 Å². The van der Waals surface area contributed by atoms with Crippen LogP contribution < -0.4 is 5.56 Å². The summed E-state index contributed by atoms with van der Waals surface area (Å²) in [5.74, 6) is 1.76. The number of aryl methyl sites for hydroxylation is 3. The van der Waals surface area contributed by atoms with Crippen LogP contribution in [0, 0.1) is 0 Å². The van der Waals surface area contributed by atoms with Gasteiger partial charge in [-0.1, -0.05) is 42.0 Å². The highest BCUT2D eigenvalue weighted by atomic mass is 32.2. The number of fused-ring (bicyclic) bond motifs is 3. The van der Waals surface area contributed by atoms with Crippen LogP contribution in [0.5, 0.6) is 0 Å². The Kier molecular flexibility index (Phi) is 5.43. The molecule has 0 atom stereocenters. The Bertz CT molecular complexity index is 1240. The smallest absolute Gasteiger partial charge is 0.267 e. The average Bonchev–Trinajstić information content (AvgIpc) is 3.37. The van der Waals surface area contributed by atoms with E-state index < -0.39 is 0 Å². The third-order valence-electron chi connectivity index (χ3n) is 5.28. The van der Waals surface area contributed by atoms with Crippen molar-refractivity contribution in [2.24, 2.45) is 0 Å². The molecule has 6 nitrogen and oxygen atoms in total. The molecule has 0 amide bonds. The van der Waals surface area contributed by atoms with Gasteiger partial charge in [0, 0.05) is 11.3 Å². The monoisotopic (exact) mass is 438 g/mol. The molecule has 0 saturated carbocycles. The van der Waals surface area contributed by atoms with Crippen LogP contribution in [0.4, 0.5) is 0 Å². The van der Waals surface area contributed by atoms with Gasteiger partial charge in [0.05, 0.1) is 16.8 Å². The van der Waals surface area contributed by atoms with Crippen LogP contribution in [0.3, 0.4) is 0 Å². The molecule has 0 bridgehead atoms. The molecule has 4 aromatic rings. The first-order valence-corrected chi connectivity index (χ1v) is 12.1. The molecule has 0 N–H and O–H groups in total. The van der Waals surface area contributed by atoms with Crippen molar-refractivity contribution in [3.63, 3.8) is 0 Å². The zero-order valence-electron chi connectivity index (χ0n) is 16.8. The average molecular weight is 439 g/mol. The third-order valence-corrected chi connectivity index (χ3v) is 7.39. The molecule has 1 aliphatic carbocycles. The topological polar surface area (TPSA) is 73.8 Å². The number of aromatic nitrogens is 4. The molecule has 154 valence electrons. The van der Waals surface area contributed by atoms with E-state index in [9.17, 15) is 4.79 Å². The molecule has 0 spiro atoms. The summed E-state index contributed by atoms with van der Waals surface area (Å²) in [7, 11) is 0. The van der Waals surface area contributed by atoms with Crippen LogP contribution in [0.15, 0.2) is 44.8 Å². The molecule has 3 aromatic heterocycles. The number of nitrogens with zero attached hydrogens (tertiary/aromatic N) is 4. The van der Waals surface area contributed by atoms with E-state index in [4.69, 9.17) is 9.51 Å². The van der Waals surface area contributed by atoms with Crippen molar-refractivity contribution >= 4 is 33.3 Å². The second kappa shape index (κ2) is 8.35. The number of hydrogen-bond acceptors (Lipinski definition) is 7. The fourth-order valence-corrected chi connectivity index (χ4v) is 6.04. The van der Waals surface area contributed by atoms with Crippen LogP contribution in [0.2, 0.25) is 0 Å². The summed E-state index contributed by atoms with van der Waals surface area (Å²) in [6, 6.07) is 9.73. The first kappa shape index (κ1) is 19.5. The highest BCUT2D eigenvalue weighted by Crippen LogP contribution is 2.35. The zero-order valence-corrected chi connectivity index (χ0v) is 18.4. The van der Waals surface area contributed by atoms with Gasteiger partial charge in [-0.15, -0.1) is 11.3 Å². The lowest BCUT2D eigenvalue weighted by atomic mass is 9.97. The second-order valence-corrected chi connectivity index (χ2v) is 9.43. The van der Waals surface area contributed by atoms with Crippen LogP contribution in [-0.4, -0.2) is 19.7 Å². The van der Waals surface area contributed by atoms with Gasteiger partial charge in [-0.05, 0) is 49.8 Å². The van der Waals surface area contributed by atoms with Gasteiger partial charge < -0.3 is 4.52 Å². The SMILES string of the molecule is CCCc1noc(CSc2nc3sc4c(c3c(=O)n2-c2ccccc2)CCCC4)n1. The number of para-hydroxylation sites is 1. The molecular weight excluding hydrogens is 416 g/mol. The molecule has 30 heavy (non-hydrogen) atoms. The van der Waals surface area contributed by atoms with Crippen molar-refractivity contribution in [3.05, 3.63) is 62.8 Å². The van der Waals surface area contributed by atoms with E-state index in [2.05, 4.69) is 17.1 Å². The molecule has 1 aromatic carbocycles. The predicted molar refractivity (Wildman–Crippen MR) is 120 cm³/mol. The number of thiophene rings is 1. The fraction of sp³-hybridized carbons (Fsp3) is 0.364. The lowest BCUT2D eigenvalue weighted by Crippen LogP contribution is -2.22. The predicted octanol–water partition coefficient (Wildman–Crippen LogP) is 4.95. The number of benzene rings is 1. The van der Waals surface area contributed by atoms with E-state index >= 15 is 0 Å². The standard InChI is InChI=1S/C22H22N4O2S2/c1-2-8-17-23-18(28-25-17)13-29-22-24-20-19(15-11-6-7-12-16(15)30-20)21(27)26(22)14-9-4-3-5-10-14/h3-5,9-10H,2,6-8,11-13H2,1H3. The van der Waals surface area contributed by atoms with Crippen LogP contribution >= 0.6 is 23.1 Å². The number of hydrogen-bond donors (Lipinski definition) is 0. The Balaban J connectivity index is 1.59. The maximum atomic E-state index is 13.6. The highest BCUT2D eigenvalue weighted by molar-refractivity contribution is 7.98. The molecular formula is C22H22N4O2S2. The Morgan fingerprint density at radius 3 is 2.83 bits per heavy atom. The van der Waals surface area contributed by atoms with Gasteiger partial charge in [-0.2, -0.15) is 4.98 Å². The summed E-state index contributed by atoms with van der Waals surface area (Å²) in [6.07, 6.45) is 6.11. The fourth-order valence-electron chi connectivity index (χ4n) is 3.89. The van der Waals surface area contributed by atoms with Crippen LogP contribution in [0.1, 0.15) is 48.3 Å². The van der Waals surface area contributed by atoms with E-state index in [-0.39, 0.29) is 5.56 Å². The maximum Gasteiger partial charge on any atom is 0.267 e. The molecule has 0 saturated heterocycles. The van der Waals surface area contributed by atoms with E-state index in [1.54, 1.807) is 15.9 Å². The van der Waals surface area contributed by atoms with Crippen molar-refractivity contribution in [1.82, 2.24) is 19.7 Å². The molecule has 5 rings (SSSR count). The largest absolute Gasteiger partial charge is 0.338 e. The summed E-state index contributed by atoms with van der Waals surface area (Å²) in [4.78, 5) is 25.2. The van der Waals surface area contributed by atoms with Crippen molar-refractivity contribution in [3.8, 4) is 5.69 Å². The lowest BCUT2D eigenvalue weighted by molar-refractivity contribution is 0.384. The molecule has 0 aliphatic heterocycles. The Morgan fingerprint density at radius 2 is 2.00 bits per heavy atom. The molecule has 0 radical (unpaired) electrons. The van der Waals surface area contributed by atoms with Gasteiger partial charge in [-0.3, -0.25) is 9.36 Å². The molecule has 0 unspecified atom stereocenters. The van der Waals surface area contributed by atoms with Crippen LogP contribution in [0.25, 0.3) is 15.9 Å². The van der Waals surface area contributed by atoms with Crippen LogP contribution in [-0.2, 0) is 25.0 Å². The van der Waals surface area contributed by atoms with Gasteiger partial charge in [0.15, 0.2) is 11.0 Å². The number of thioether (sulfide) groups is 1. The van der Waals surface area contributed by atoms with E-state index in [0.29, 0.717) is 16.8 Å². The van der Waals surface area contributed by atoms with Crippen molar-refractivity contribution in [2.75, 3.05) is 0 Å². The summed E-state index contributed by atoms with van der Waals surface area (Å²) in [5, 5.41) is 5.48. The summed E-state index contributed by atoms with van der Waals surface area (Å²) in [5.41, 5.74) is 2.05.